The topological polar surface area (TPSA) is 63.4 Å². The van der Waals surface area contributed by atoms with Crippen LogP contribution in [0.1, 0.15) is 5.56 Å². The Labute approximate surface area is 152 Å². The van der Waals surface area contributed by atoms with Crippen LogP contribution < -0.4 is 0 Å². The zero-order valence-electron chi connectivity index (χ0n) is 14.0. The Bertz CT molecular complexity index is 894. The Morgan fingerprint density at radius 1 is 1.16 bits per heavy atom. The fourth-order valence-electron chi connectivity index (χ4n) is 2.65. The van der Waals surface area contributed by atoms with Gasteiger partial charge in [0.15, 0.2) is 4.77 Å². The molecule has 0 N–H and O–H groups in total. The van der Waals surface area contributed by atoms with E-state index in [9.17, 15) is 8.42 Å². The van der Waals surface area contributed by atoms with Crippen LogP contribution in [0.4, 0.5) is 0 Å². The molecule has 0 bridgehead atoms. The van der Waals surface area contributed by atoms with Crippen LogP contribution in [0.5, 0.6) is 0 Å². The second-order valence-corrected chi connectivity index (χ2v) is 8.12. The summed E-state index contributed by atoms with van der Waals surface area (Å²) in [5, 5.41) is 5.52. The van der Waals surface area contributed by atoms with Gasteiger partial charge in [-0.1, -0.05) is 30.3 Å². The fraction of sp³-hybridized carbons (Fsp3) is 0.375. The summed E-state index contributed by atoms with van der Waals surface area (Å²) in [5.41, 5.74) is 0.870. The van der Waals surface area contributed by atoms with E-state index in [1.165, 1.54) is 9.71 Å². The van der Waals surface area contributed by atoms with Crippen molar-refractivity contribution in [3.63, 3.8) is 0 Å². The van der Waals surface area contributed by atoms with Gasteiger partial charge in [-0.25, -0.2) is 13.1 Å². The molecule has 25 heavy (non-hydrogen) atoms. The molecule has 1 aliphatic rings. The van der Waals surface area contributed by atoms with Gasteiger partial charge in [0.1, 0.15) is 6.33 Å². The van der Waals surface area contributed by atoms with Crippen LogP contribution in [0, 0.1) is 4.77 Å². The van der Waals surface area contributed by atoms with Crippen molar-refractivity contribution in [3.8, 4) is 0 Å². The molecule has 0 saturated carbocycles. The predicted molar refractivity (Wildman–Crippen MR) is 99.6 cm³/mol. The maximum Gasteiger partial charge on any atom is 0.236 e. The Kier molecular flexibility index (Phi) is 5.48. The molecular weight excluding hydrogens is 358 g/mol. The fourth-order valence-corrected chi connectivity index (χ4v) is 3.97. The second kappa shape index (κ2) is 7.61. The average Bonchev–Trinajstić information content (AvgIpc) is 2.94. The minimum absolute atomic E-state index is 0.460. The van der Waals surface area contributed by atoms with E-state index in [4.69, 9.17) is 12.2 Å². The molecule has 7 nitrogen and oxygen atoms in total. The Morgan fingerprint density at radius 2 is 1.84 bits per heavy atom. The minimum Gasteiger partial charge on any atom is -0.310 e. The Hall–Kier alpha value is -1.81. The van der Waals surface area contributed by atoms with Crippen LogP contribution in [0.2, 0.25) is 0 Å². The summed E-state index contributed by atoms with van der Waals surface area (Å²) in [7, 11) is -1.55. The van der Waals surface area contributed by atoms with Crippen LogP contribution >= 0.6 is 12.2 Å². The molecule has 1 saturated heterocycles. The molecule has 9 heteroatoms. The SMILES string of the molecule is Cn1cnn(CN2CCN(S(=O)(=O)/C=C/c3ccccc3)CC2)c1=S. The zero-order chi connectivity index (χ0) is 17.9. The Balaban J connectivity index is 1.58. The monoisotopic (exact) mass is 379 g/mol. The van der Waals surface area contributed by atoms with Gasteiger partial charge in [-0.3, -0.25) is 4.90 Å². The molecule has 2 aromatic rings. The minimum atomic E-state index is -3.40. The van der Waals surface area contributed by atoms with E-state index in [2.05, 4.69) is 10.00 Å². The lowest BCUT2D eigenvalue weighted by Crippen LogP contribution is -2.48. The second-order valence-electron chi connectivity index (χ2n) is 5.94. The third kappa shape index (κ3) is 4.43. The van der Waals surface area contributed by atoms with Gasteiger partial charge in [-0.2, -0.15) is 9.40 Å². The van der Waals surface area contributed by atoms with Crippen molar-refractivity contribution >= 4 is 28.3 Å². The normalized spacial score (nSPS) is 17.3. The first kappa shape index (κ1) is 18.0. The lowest BCUT2D eigenvalue weighted by Gasteiger charge is -2.32. The number of aromatic nitrogens is 3. The van der Waals surface area contributed by atoms with E-state index in [0.717, 1.165) is 5.56 Å². The van der Waals surface area contributed by atoms with Crippen LogP contribution in [0.15, 0.2) is 42.1 Å². The van der Waals surface area contributed by atoms with Crippen molar-refractivity contribution in [1.29, 1.82) is 0 Å². The maximum absolute atomic E-state index is 12.5. The third-order valence-electron chi connectivity index (χ3n) is 4.14. The van der Waals surface area contributed by atoms with Crippen LogP contribution in [0.3, 0.4) is 0 Å². The molecule has 0 atom stereocenters. The van der Waals surface area contributed by atoms with Gasteiger partial charge in [0.25, 0.3) is 0 Å². The molecular formula is C16H21N5O2S2. The standard InChI is InChI=1S/C16H21N5O2S2/c1-18-13-17-21(16(18)24)14-19-8-10-20(11-9-19)25(22,23)12-7-15-5-3-2-4-6-15/h2-7,12-13H,8-11,14H2,1H3/b12-7+. The lowest BCUT2D eigenvalue weighted by atomic mass is 10.2. The first-order chi connectivity index (χ1) is 12.0. The third-order valence-corrected chi connectivity index (χ3v) is 6.21. The molecule has 1 aromatic carbocycles. The smallest absolute Gasteiger partial charge is 0.236 e. The molecule has 0 aliphatic carbocycles. The first-order valence-electron chi connectivity index (χ1n) is 8.00. The summed E-state index contributed by atoms with van der Waals surface area (Å²) in [5.74, 6) is 0. The van der Waals surface area contributed by atoms with E-state index in [1.807, 2.05) is 37.4 Å². The molecule has 3 rings (SSSR count). The summed E-state index contributed by atoms with van der Waals surface area (Å²) in [4.78, 5) is 2.15. The Morgan fingerprint density at radius 3 is 2.44 bits per heavy atom. The average molecular weight is 380 g/mol. The molecule has 0 unspecified atom stereocenters. The highest BCUT2D eigenvalue weighted by molar-refractivity contribution is 7.92. The highest BCUT2D eigenvalue weighted by Crippen LogP contribution is 2.12. The zero-order valence-corrected chi connectivity index (χ0v) is 15.7. The quantitative estimate of drug-likeness (QED) is 0.737. The molecule has 0 radical (unpaired) electrons. The summed E-state index contributed by atoms with van der Waals surface area (Å²) < 4.78 is 30.6. The number of nitrogens with zero attached hydrogens (tertiary/aromatic N) is 5. The van der Waals surface area contributed by atoms with Crippen molar-refractivity contribution in [2.45, 2.75) is 6.67 Å². The van der Waals surface area contributed by atoms with Crippen molar-refractivity contribution in [3.05, 3.63) is 52.4 Å². The maximum atomic E-state index is 12.5. The van der Waals surface area contributed by atoms with Crippen molar-refractivity contribution in [1.82, 2.24) is 23.6 Å². The highest BCUT2D eigenvalue weighted by Gasteiger charge is 2.25. The lowest BCUT2D eigenvalue weighted by molar-refractivity contribution is 0.145. The van der Waals surface area contributed by atoms with E-state index < -0.39 is 10.0 Å². The van der Waals surface area contributed by atoms with Crippen molar-refractivity contribution < 1.29 is 8.42 Å². The number of hydrogen-bond acceptors (Lipinski definition) is 5. The van der Waals surface area contributed by atoms with Crippen molar-refractivity contribution in [2.75, 3.05) is 26.2 Å². The van der Waals surface area contributed by atoms with Crippen LogP contribution in [-0.4, -0.2) is 58.1 Å². The van der Waals surface area contributed by atoms with Gasteiger partial charge in [-0.15, -0.1) is 0 Å². The van der Waals surface area contributed by atoms with Crippen LogP contribution in [0.25, 0.3) is 6.08 Å². The van der Waals surface area contributed by atoms with Gasteiger partial charge in [-0.05, 0) is 23.9 Å². The number of rotatable bonds is 5. The summed E-state index contributed by atoms with van der Waals surface area (Å²) >= 11 is 5.28. The van der Waals surface area contributed by atoms with E-state index in [0.29, 0.717) is 37.6 Å². The molecule has 0 spiro atoms. The molecule has 0 amide bonds. The molecule has 2 heterocycles. The number of piperazine rings is 1. The summed E-state index contributed by atoms with van der Waals surface area (Å²) in [6, 6.07) is 9.42. The van der Waals surface area contributed by atoms with E-state index in [-0.39, 0.29) is 0 Å². The number of sulfonamides is 1. The highest BCUT2D eigenvalue weighted by atomic mass is 32.2. The summed E-state index contributed by atoms with van der Waals surface area (Å²) in [6.07, 6.45) is 3.31. The molecule has 1 fully saturated rings. The summed E-state index contributed by atoms with van der Waals surface area (Å²) in [6.45, 7) is 2.80. The van der Waals surface area contributed by atoms with Gasteiger partial charge in [0.05, 0.1) is 6.67 Å². The molecule has 134 valence electrons. The van der Waals surface area contributed by atoms with Gasteiger partial charge in [0.2, 0.25) is 10.0 Å². The molecule has 1 aromatic heterocycles. The number of hydrogen-bond donors (Lipinski definition) is 0. The van der Waals surface area contributed by atoms with Crippen LogP contribution in [-0.2, 0) is 23.7 Å². The number of aryl methyl sites for hydroxylation is 1. The number of benzene rings is 1. The molecule has 1 aliphatic heterocycles. The largest absolute Gasteiger partial charge is 0.310 e. The first-order valence-corrected chi connectivity index (χ1v) is 9.91. The van der Waals surface area contributed by atoms with Gasteiger partial charge in [0, 0.05) is 38.6 Å². The van der Waals surface area contributed by atoms with Gasteiger partial charge < -0.3 is 4.57 Å². The van der Waals surface area contributed by atoms with E-state index in [1.54, 1.807) is 21.7 Å². The van der Waals surface area contributed by atoms with Crippen molar-refractivity contribution in [2.24, 2.45) is 7.05 Å². The van der Waals surface area contributed by atoms with Gasteiger partial charge >= 0.3 is 0 Å². The van der Waals surface area contributed by atoms with E-state index >= 15 is 0 Å². The predicted octanol–water partition coefficient (Wildman–Crippen LogP) is 1.53.